The van der Waals surface area contributed by atoms with Crippen LogP contribution in [0.15, 0.2) is 18.2 Å². The molecular formula is C15H19ClN2O4. The Labute approximate surface area is 133 Å². The first kappa shape index (κ1) is 16.7. The van der Waals surface area contributed by atoms with E-state index < -0.39 is 4.92 Å². The molecule has 7 heteroatoms. The maximum absolute atomic E-state index is 12.2. The van der Waals surface area contributed by atoms with E-state index in [0.717, 1.165) is 19.3 Å². The Morgan fingerprint density at radius 1 is 1.50 bits per heavy atom. The number of aliphatic hydroxyl groups excluding tert-OH is 1. The summed E-state index contributed by atoms with van der Waals surface area (Å²) < 4.78 is 0. The summed E-state index contributed by atoms with van der Waals surface area (Å²) in [5.41, 5.74) is 0.472. The average Bonchev–Trinajstić information content (AvgIpc) is 2.86. The van der Waals surface area contributed by atoms with Crippen molar-refractivity contribution in [3.8, 4) is 0 Å². The number of likely N-dealkylation sites (N-methyl/N-ethyl adjacent to an activating group) is 1. The smallest absolute Gasteiger partial charge is 0.270 e. The van der Waals surface area contributed by atoms with E-state index in [0.29, 0.717) is 12.1 Å². The van der Waals surface area contributed by atoms with Crippen LogP contribution in [0.4, 0.5) is 5.69 Å². The molecule has 6 nitrogen and oxygen atoms in total. The predicted molar refractivity (Wildman–Crippen MR) is 82.8 cm³/mol. The van der Waals surface area contributed by atoms with Gasteiger partial charge in [0.2, 0.25) is 5.91 Å². The molecule has 2 rings (SSSR count). The Morgan fingerprint density at radius 2 is 2.23 bits per heavy atom. The highest BCUT2D eigenvalue weighted by Crippen LogP contribution is 2.27. The van der Waals surface area contributed by atoms with Crippen molar-refractivity contribution in [3.05, 3.63) is 38.9 Å². The molecule has 0 aromatic heterocycles. The lowest BCUT2D eigenvalue weighted by molar-refractivity contribution is -0.384. The molecule has 1 aliphatic rings. The van der Waals surface area contributed by atoms with E-state index in [1.54, 1.807) is 11.9 Å². The fourth-order valence-electron chi connectivity index (χ4n) is 2.77. The van der Waals surface area contributed by atoms with Gasteiger partial charge in [-0.1, -0.05) is 24.1 Å². The molecule has 1 aliphatic carbocycles. The second-order valence-corrected chi connectivity index (χ2v) is 6.15. The van der Waals surface area contributed by atoms with Crippen molar-refractivity contribution < 1.29 is 14.8 Å². The molecule has 1 aromatic rings. The monoisotopic (exact) mass is 326 g/mol. The summed E-state index contributed by atoms with van der Waals surface area (Å²) in [6.07, 6.45) is 2.47. The van der Waals surface area contributed by atoms with Crippen molar-refractivity contribution in [1.29, 1.82) is 0 Å². The quantitative estimate of drug-likeness (QED) is 0.665. The van der Waals surface area contributed by atoms with E-state index in [2.05, 4.69) is 0 Å². The van der Waals surface area contributed by atoms with E-state index in [9.17, 15) is 20.0 Å². The SMILES string of the molecule is CN(CC1CCCC1O)C(=O)Cc1ccc([N+](=O)[O-])cc1Cl. The zero-order chi connectivity index (χ0) is 16.3. The number of nitro groups is 1. The number of non-ortho nitro benzene ring substituents is 1. The molecule has 0 saturated heterocycles. The number of nitrogens with zero attached hydrogens (tertiary/aromatic N) is 2. The summed E-state index contributed by atoms with van der Waals surface area (Å²) in [6.45, 7) is 0.518. The first-order chi connectivity index (χ1) is 10.4. The number of aliphatic hydroxyl groups is 1. The first-order valence-corrected chi connectivity index (χ1v) is 7.61. The number of hydrogen-bond donors (Lipinski definition) is 1. The van der Waals surface area contributed by atoms with Crippen LogP contribution in [0.2, 0.25) is 5.02 Å². The Bertz CT molecular complexity index is 579. The maximum Gasteiger partial charge on any atom is 0.270 e. The van der Waals surface area contributed by atoms with Crippen molar-refractivity contribution in [3.63, 3.8) is 0 Å². The van der Waals surface area contributed by atoms with E-state index in [-0.39, 0.29) is 35.1 Å². The van der Waals surface area contributed by atoms with E-state index in [4.69, 9.17) is 11.6 Å². The van der Waals surface area contributed by atoms with Gasteiger partial charge in [0.25, 0.3) is 5.69 Å². The Morgan fingerprint density at radius 3 is 2.77 bits per heavy atom. The number of amides is 1. The molecule has 120 valence electrons. The molecule has 22 heavy (non-hydrogen) atoms. The summed E-state index contributed by atoms with van der Waals surface area (Å²) in [5, 5.41) is 20.7. The van der Waals surface area contributed by atoms with Gasteiger partial charge in [0, 0.05) is 31.6 Å². The zero-order valence-corrected chi connectivity index (χ0v) is 13.1. The number of carbonyl (C=O) groups excluding carboxylic acids is 1. The number of benzene rings is 1. The van der Waals surface area contributed by atoms with Crippen LogP contribution in [0.25, 0.3) is 0 Å². The van der Waals surface area contributed by atoms with Gasteiger partial charge in [-0.3, -0.25) is 14.9 Å². The summed E-state index contributed by atoms with van der Waals surface area (Å²) in [4.78, 5) is 24.0. The van der Waals surface area contributed by atoms with E-state index in [1.807, 2.05) is 0 Å². The summed E-state index contributed by atoms with van der Waals surface area (Å²) in [5.74, 6) is 0.0103. The van der Waals surface area contributed by atoms with Gasteiger partial charge in [-0.05, 0) is 18.4 Å². The molecule has 1 amide bonds. The number of rotatable bonds is 5. The molecule has 2 atom stereocenters. The minimum absolute atomic E-state index is 0.0934. The second-order valence-electron chi connectivity index (χ2n) is 5.74. The minimum Gasteiger partial charge on any atom is -0.393 e. The fourth-order valence-corrected chi connectivity index (χ4v) is 3.02. The highest BCUT2D eigenvalue weighted by Gasteiger charge is 2.27. The van der Waals surface area contributed by atoms with Crippen molar-refractivity contribution >= 4 is 23.2 Å². The highest BCUT2D eigenvalue weighted by atomic mass is 35.5. The number of halogens is 1. The van der Waals surface area contributed by atoms with Gasteiger partial charge in [0.1, 0.15) is 0 Å². The van der Waals surface area contributed by atoms with E-state index in [1.165, 1.54) is 18.2 Å². The van der Waals surface area contributed by atoms with Crippen molar-refractivity contribution in [2.45, 2.75) is 31.8 Å². The molecule has 1 N–H and O–H groups in total. The third-order valence-electron chi connectivity index (χ3n) is 4.14. The van der Waals surface area contributed by atoms with Crippen LogP contribution in [0, 0.1) is 16.0 Å². The van der Waals surface area contributed by atoms with Gasteiger partial charge in [-0.25, -0.2) is 0 Å². The van der Waals surface area contributed by atoms with Crippen LogP contribution in [0.5, 0.6) is 0 Å². The third-order valence-corrected chi connectivity index (χ3v) is 4.49. The van der Waals surface area contributed by atoms with Crippen LogP contribution in [-0.2, 0) is 11.2 Å². The predicted octanol–water partition coefficient (Wildman–Crippen LogP) is 2.41. The minimum atomic E-state index is -0.523. The molecule has 0 radical (unpaired) electrons. The molecule has 0 aliphatic heterocycles. The number of hydrogen-bond acceptors (Lipinski definition) is 4. The third kappa shape index (κ3) is 3.96. The lowest BCUT2D eigenvalue weighted by Crippen LogP contribution is -2.35. The molecule has 1 aromatic carbocycles. The standard InChI is InChI=1S/C15H19ClN2O4/c1-17(9-11-3-2-4-14(11)19)15(20)7-10-5-6-12(18(21)22)8-13(10)16/h5-6,8,11,14,19H,2-4,7,9H2,1H3. The summed E-state index contributed by atoms with van der Waals surface area (Å²) in [7, 11) is 1.70. The largest absolute Gasteiger partial charge is 0.393 e. The average molecular weight is 327 g/mol. The topological polar surface area (TPSA) is 83.7 Å². The molecule has 1 saturated carbocycles. The van der Waals surface area contributed by atoms with Gasteiger partial charge in [0.05, 0.1) is 22.5 Å². The van der Waals surface area contributed by atoms with Crippen LogP contribution in [0.1, 0.15) is 24.8 Å². The van der Waals surface area contributed by atoms with Crippen molar-refractivity contribution in [2.75, 3.05) is 13.6 Å². The van der Waals surface area contributed by atoms with E-state index >= 15 is 0 Å². The Balaban J connectivity index is 1.97. The van der Waals surface area contributed by atoms with Gasteiger partial charge < -0.3 is 10.0 Å². The normalized spacial score (nSPS) is 20.9. The van der Waals surface area contributed by atoms with Gasteiger partial charge in [-0.2, -0.15) is 0 Å². The number of nitro benzene ring substituents is 1. The Hall–Kier alpha value is -1.66. The lowest BCUT2D eigenvalue weighted by Gasteiger charge is -2.23. The van der Waals surface area contributed by atoms with Crippen LogP contribution >= 0.6 is 11.6 Å². The maximum atomic E-state index is 12.2. The molecular weight excluding hydrogens is 308 g/mol. The lowest BCUT2D eigenvalue weighted by atomic mass is 10.0. The highest BCUT2D eigenvalue weighted by molar-refractivity contribution is 6.31. The van der Waals surface area contributed by atoms with Crippen LogP contribution in [-0.4, -0.2) is 40.5 Å². The number of carbonyl (C=O) groups is 1. The van der Waals surface area contributed by atoms with Gasteiger partial charge in [0.15, 0.2) is 0 Å². The molecule has 0 bridgehead atoms. The molecule has 1 fully saturated rings. The fraction of sp³-hybridized carbons (Fsp3) is 0.533. The van der Waals surface area contributed by atoms with Gasteiger partial charge in [-0.15, -0.1) is 0 Å². The first-order valence-electron chi connectivity index (χ1n) is 7.23. The molecule has 2 unspecified atom stereocenters. The van der Waals surface area contributed by atoms with Crippen LogP contribution in [0.3, 0.4) is 0 Å². The molecule has 0 spiro atoms. The van der Waals surface area contributed by atoms with Crippen LogP contribution < -0.4 is 0 Å². The summed E-state index contributed by atoms with van der Waals surface area (Å²) >= 11 is 6.00. The molecule has 0 heterocycles. The zero-order valence-electron chi connectivity index (χ0n) is 12.4. The van der Waals surface area contributed by atoms with Crippen molar-refractivity contribution in [2.24, 2.45) is 5.92 Å². The van der Waals surface area contributed by atoms with Gasteiger partial charge >= 0.3 is 0 Å². The second kappa shape index (κ2) is 7.07. The van der Waals surface area contributed by atoms with Crippen molar-refractivity contribution in [1.82, 2.24) is 4.90 Å². The summed E-state index contributed by atoms with van der Waals surface area (Å²) in [6, 6.07) is 4.11. The Kier molecular flexibility index (Phi) is 5.37.